The van der Waals surface area contributed by atoms with Crippen LogP contribution in [-0.4, -0.2) is 26.8 Å². The molecule has 0 spiro atoms. The van der Waals surface area contributed by atoms with E-state index in [1.54, 1.807) is 11.3 Å². The van der Waals surface area contributed by atoms with Gasteiger partial charge < -0.3 is 5.32 Å². The maximum absolute atomic E-state index is 12.3. The predicted molar refractivity (Wildman–Crippen MR) is 109 cm³/mol. The molecule has 6 nitrogen and oxygen atoms in total. The summed E-state index contributed by atoms with van der Waals surface area (Å²) >= 11 is 2.85. The number of nitrogens with one attached hydrogen (secondary N) is 2. The van der Waals surface area contributed by atoms with Crippen LogP contribution in [0.25, 0.3) is 0 Å². The molecular formula is C19H25N5OS2. The molecule has 0 saturated carbocycles. The van der Waals surface area contributed by atoms with Gasteiger partial charge >= 0.3 is 0 Å². The van der Waals surface area contributed by atoms with Gasteiger partial charge in [-0.2, -0.15) is 5.26 Å². The van der Waals surface area contributed by atoms with Gasteiger partial charge in [0, 0.05) is 4.88 Å². The first kappa shape index (κ1) is 19.9. The van der Waals surface area contributed by atoms with Gasteiger partial charge in [-0.3, -0.25) is 9.89 Å². The molecule has 0 aliphatic heterocycles. The highest BCUT2D eigenvalue weighted by atomic mass is 32.2. The van der Waals surface area contributed by atoms with Gasteiger partial charge in [-0.25, -0.2) is 4.98 Å². The van der Waals surface area contributed by atoms with Crippen LogP contribution in [0.2, 0.25) is 0 Å². The van der Waals surface area contributed by atoms with Crippen LogP contribution in [0, 0.1) is 29.6 Å². The van der Waals surface area contributed by atoms with E-state index in [2.05, 4.69) is 47.3 Å². The van der Waals surface area contributed by atoms with Crippen molar-refractivity contribution >= 4 is 34.0 Å². The monoisotopic (exact) mass is 403 g/mol. The Hall–Kier alpha value is -1.85. The number of nitrogens with zero attached hydrogens (tertiary/aromatic N) is 3. The summed E-state index contributed by atoms with van der Waals surface area (Å²) < 4.78 is 0. The summed E-state index contributed by atoms with van der Waals surface area (Å²) in [6, 6.07) is 2.31. The number of hydrogen-bond acceptors (Lipinski definition) is 6. The Kier molecular flexibility index (Phi) is 5.92. The smallest absolute Gasteiger partial charge is 0.235 e. The van der Waals surface area contributed by atoms with Crippen LogP contribution < -0.4 is 5.32 Å². The Labute approximate surface area is 168 Å². The van der Waals surface area contributed by atoms with E-state index in [4.69, 9.17) is 0 Å². The minimum Gasteiger partial charge on any atom is -0.316 e. The molecule has 0 radical (unpaired) electrons. The number of amides is 1. The van der Waals surface area contributed by atoms with Crippen molar-refractivity contribution in [1.29, 1.82) is 5.26 Å². The van der Waals surface area contributed by atoms with Gasteiger partial charge in [0.15, 0.2) is 0 Å². The molecule has 1 aliphatic rings. The number of carbonyl (C=O) groups is 1. The van der Waals surface area contributed by atoms with Crippen molar-refractivity contribution in [2.75, 3.05) is 11.1 Å². The van der Waals surface area contributed by atoms with Crippen molar-refractivity contribution in [2.45, 2.75) is 58.5 Å². The molecule has 0 bridgehead atoms. The summed E-state index contributed by atoms with van der Waals surface area (Å²) in [6.07, 6.45) is 4.16. The van der Waals surface area contributed by atoms with E-state index >= 15 is 0 Å². The van der Waals surface area contributed by atoms with Crippen molar-refractivity contribution in [1.82, 2.24) is 15.2 Å². The summed E-state index contributed by atoms with van der Waals surface area (Å²) in [5.41, 5.74) is 2.08. The molecule has 0 aromatic carbocycles. The molecule has 27 heavy (non-hydrogen) atoms. The maximum atomic E-state index is 12.3. The van der Waals surface area contributed by atoms with Gasteiger partial charge in [0.1, 0.15) is 16.9 Å². The van der Waals surface area contributed by atoms with Crippen LogP contribution in [0.4, 0.5) is 5.00 Å². The van der Waals surface area contributed by atoms with E-state index in [-0.39, 0.29) is 11.7 Å². The van der Waals surface area contributed by atoms with E-state index in [0.29, 0.717) is 27.1 Å². The highest BCUT2D eigenvalue weighted by molar-refractivity contribution is 7.99. The van der Waals surface area contributed by atoms with Gasteiger partial charge in [-0.15, -0.1) is 16.4 Å². The Morgan fingerprint density at radius 1 is 1.52 bits per heavy atom. The molecule has 8 heteroatoms. The average Bonchev–Trinajstić information content (AvgIpc) is 3.21. The first-order valence-corrected chi connectivity index (χ1v) is 11.0. The van der Waals surface area contributed by atoms with Crippen LogP contribution in [-0.2, 0) is 17.6 Å². The molecule has 2 aromatic heterocycles. The third-order valence-electron chi connectivity index (χ3n) is 5.56. The van der Waals surface area contributed by atoms with Gasteiger partial charge in [0.25, 0.3) is 0 Å². The van der Waals surface area contributed by atoms with E-state index in [1.165, 1.54) is 16.6 Å². The molecule has 0 fully saturated rings. The second-order valence-corrected chi connectivity index (χ2v) is 9.69. The van der Waals surface area contributed by atoms with E-state index in [1.807, 2.05) is 6.92 Å². The van der Waals surface area contributed by atoms with Crippen molar-refractivity contribution in [2.24, 2.45) is 11.3 Å². The first-order chi connectivity index (χ1) is 12.8. The van der Waals surface area contributed by atoms with Crippen molar-refractivity contribution in [3.05, 3.63) is 21.8 Å². The molecule has 1 amide bonds. The number of carbonyl (C=O) groups excluding carboxylic acids is 1. The van der Waals surface area contributed by atoms with Gasteiger partial charge in [0.05, 0.1) is 11.3 Å². The SMILES string of the molecule is CCC(C)(C)[C@@H]1CCc2c(sc(NC(=O)CSc3n[nH]c(C)n3)c2C#N)C1. The van der Waals surface area contributed by atoms with Crippen LogP contribution in [0.5, 0.6) is 0 Å². The molecule has 1 aliphatic carbocycles. The zero-order valence-electron chi connectivity index (χ0n) is 16.2. The Balaban J connectivity index is 1.70. The Bertz CT molecular complexity index is 877. The number of H-pyrrole nitrogens is 1. The summed E-state index contributed by atoms with van der Waals surface area (Å²) in [5.74, 6) is 1.42. The van der Waals surface area contributed by atoms with E-state index in [0.717, 1.165) is 37.1 Å². The molecule has 0 saturated heterocycles. The molecule has 0 unspecified atom stereocenters. The van der Waals surface area contributed by atoms with Crippen LogP contribution in [0.3, 0.4) is 0 Å². The number of nitriles is 1. The number of thioether (sulfide) groups is 1. The Morgan fingerprint density at radius 3 is 2.93 bits per heavy atom. The van der Waals surface area contributed by atoms with Crippen molar-refractivity contribution < 1.29 is 4.79 Å². The van der Waals surface area contributed by atoms with E-state index in [9.17, 15) is 10.1 Å². The highest BCUT2D eigenvalue weighted by Gasteiger charge is 2.34. The van der Waals surface area contributed by atoms with Gasteiger partial charge in [0.2, 0.25) is 11.1 Å². The molecule has 2 heterocycles. The zero-order chi connectivity index (χ0) is 19.6. The fourth-order valence-corrected chi connectivity index (χ4v) is 5.37. The number of rotatable bonds is 6. The number of aromatic amines is 1. The lowest BCUT2D eigenvalue weighted by Crippen LogP contribution is -2.28. The topological polar surface area (TPSA) is 94.5 Å². The van der Waals surface area contributed by atoms with Crippen molar-refractivity contribution in [3.63, 3.8) is 0 Å². The van der Waals surface area contributed by atoms with Crippen molar-refractivity contribution in [3.8, 4) is 6.07 Å². The minimum atomic E-state index is -0.136. The molecular weight excluding hydrogens is 378 g/mol. The predicted octanol–water partition coefficient (Wildman–Crippen LogP) is 4.32. The number of hydrogen-bond donors (Lipinski definition) is 2. The third kappa shape index (κ3) is 4.36. The Morgan fingerprint density at radius 2 is 2.30 bits per heavy atom. The van der Waals surface area contributed by atoms with Crippen LogP contribution >= 0.6 is 23.1 Å². The molecule has 2 N–H and O–H groups in total. The van der Waals surface area contributed by atoms with Gasteiger partial charge in [-0.05, 0) is 43.1 Å². The maximum Gasteiger partial charge on any atom is 0.235 e. The summed E-state index contributed by atoms with van der Waals surface area (Å²) in [6.45, 7) is 8.71. The number of anilines is 1. The fourth-order valence-electron chi connectivity index (χ4n) is 3.43. The lowest BCUT2D eigenvalue weighted by Gasteiger charge is -2.36. The number of thiophene rings is 1. The highest BCUT2D eigenvalue weighted by Crippen LogP contribution is 2.45. The average molecular weight is 404 g/mol. The summed E-state index contributed by atoms with van der Waals surface area (Å²) in [7, 11) is 0. The third-order valence-corrected chi connectivity index (χ3v) is 7.57. The standard InChI is InChI=1S/C19H25N5OS2/c1-5-19(3,4)12-6-7-13-14(9-20)17(27-15(13)8-12)22-16(25)10-26-18-21-11(2)23-24-18/h12H,5-8,10H2,1-4H3,(H,22,25)(H,21,23,24)/t12-/m1/s1. The molecule has 144 valence electrons. The molecule has 3 rings (SSSR count). The number of aryl methyl sites for hydroxylation is 1. The second-order valence-electron chi connectivity index (χ2n) is 7.64. The first-order valence-electron chi connectivity index (χ1n) is 9.20. The lowest BCUT2D eigenvalue weighted by atomic mass is 9.69. The largest absolute Gasteiger partial charge is 0.316 e. The quantitative estimate of drug-likeness (QED) is 0.701. The zero-order valence-corrected chi connectivity index (χ0v) is 17.8. The second kappa shape index (κ2) is 8.03. The fraction of sp³-hybridized carbons (Fsp3) is 0.579. The lowest BCUT2D eigenvalue weighted by molar-refractivity contribution is -0.113. The molecule has 2 aromatic rings. The number of fused-ring (bicyclic) bond motifs is 1. The van der Waals surface area contributed by atoms with Crippen LogP contribution in [0.1, 0.15) is 55.4 Å². The minimum absolute atomic E-state index is 0.136. The molecule has 1 atom stereocenters. The number of aromatic nitrogens is 3. The summed E-state index contributed by atoms with van der Waals surface area (Å²) in [4.78, 5) is 17.8. The van der Waals surface area contributed by atoms with Crippen LogP contribution in [0.15, 0.2) is 5.16 Å². The van der Waals surface area contributed by atoms with Gasteiger partial charge in [-0.1, -0.05) is 39.0 Å². The summed E-state index contributed by atoms with van der Waals surface area (Å²) in [5, 5.41) is 20.6. The van der Waals surface area contributed by atoms with E-state index < -0.39 is 0 Å². The normalized spacial score (nSPS) is 16.6.